The average molecular weight is 978 g/mol. The van der Waals surface area contributed by atoms with Gasteiger partial charge in [-0.25, -0.2) is 4.98 Å². The number of benzene rings is 5. The summed E-state index contributed by atoms with van der Waals surface area (Å²) < 4.78 is 2.21. The van der Waals surface area contributed by atoms with Gasteiger partial charge >= 0.3 is 0 Å². The molecule has 4 aliphatic carbocycles. The second-order valence-electron chi connectivity index (χ2n) is 23.2. The lowest BCUT2D eigenvalue weighted by molar-refractivity contribution is -0.127. The standard InChI is InChI=1S/C33H48N2O2.C27H22Cl2N4/c1-30(2,3)20-9-10-25(31(4,5)6)27(17-20)35-29(37)26-12-11-23-22-19-34-28-18-21(36)13-15-33(28,8)24(22)14-16-32(23,26)7;1-17(2)30-24-16-27-25(15-23(24)31-20-11-7-18(28)8-12-20)32-22-5-3-4-6-26(22)33(27)21-13-9-19(29)10-14-21/h9-10,17-18,22-24,26,34H,11-16,19H2,1-8H3,(H,35,37);3-17,31H,1-2H3/t22?,23?,24?,26-,32+,33-;/m1./s1. The fourth-order valence-corrected chi connectivity index (χ4v) is 12.7. The summed E-state index contributed by atoms with van der Waals surface area (Å²) in [6.45, 7) is 23.2. The van der Waals surface area contributed by atoms with Gasteiger partial charge in [0, 0.05) is 69.2 Å². The van der Waals surface area contributed by atoms with Crippen LogP contribution >= 0.6 is 23.2 Å². The largest absolute Gasteiger partial charge is 0.387 e. The first-order valence-corrected chi connectivity index (χ1v) is 26.1. The van der Waals surface area contributed by atoms with Crippen LogP contribution in [0.5, 0.6) is 0 Å². The Kier molecular flexibility index (Phi) is 13.4. The molecule has 366 valence electrons. The van der Waals surface area contributed by atoms with Crippen molar-refractivity contribution in [3.8, 4) is 17.1 Å². The molecule has 3 unspecified atom stereocenters. The lowest BCUT2D eigenvalue weighted by Crippen LogP contribution is -2.57. The maximum Gasteiger partial charge on any atom is 0.228 e. The molecule has 8 nitrogen and oxygen atoms in total. The lowest BCUT2D eigenvalue weighted by Gasteiger charge is -2.58. The summed E-state index contributed by atoms with van der Waals surface area (Å²) in [7, 11) is 0. The Bertz CT molecular complexity index is 3010. The van der Waals surface area contributed by atoms with Crippen LogP contribution in [0.3, 0.4) is 0 Å². The molecule has 4 aromatic rings. The van der Waals surface area contributed by atoms with Crippen molar-refractivity contribution in [2.75, 3.05) is 17.2 Å². The molecule has 6 aliphatic rings. The van der Waals surface area contributed by atoms with E-state index in [0.29, 0.717) is 34.2 Å². The van der Waals surface area contributed by atoms with Crippen molar-refractivity contribution < 1.29 is 9.59 Å². The van der Waals surface area contributed by atoms with Gasteiger partial charge in [0.15, 0.2) is 5.78 Å². The van der Waals surface area contributed by atoms with Crippen molar-refractivity contribution >= 4 is 63.0 Å². The van der Waals surface area contributed by atoms with Crippen molar-refractivity contribution in [1.82, 2.24) is 14.9 Å². The van der Waals surface area contributed by atoms with Crippen LogP contribution in [0, 0.1) is 34.5 Å². The number of ketones is 1. The Morgan fingerprint density at radius 2 is 1.51 bits per heavy atom. The van der Waals surface area contributed by atoms with Gasteiger partial charge in [-0.2, -0.15) is 0 Å². The fourth-order valence-electron chi connectivity index (χ4n) is 12.4. The maximum absolute atomic E-state index is 14.0. The van der Waals surface area contributed by atoms with Gasteiger partial charge < -0.3 is 20.5 Å². The molecule has 10 heteroatoms. The molecule has 2 heterocycles. The molecule has 0 bridgehead atoms. The Morgan fingerprint density at radius 3 is 2.20 bits per heavy atom. The molecule has 4 aromatic carbocycles. The Morgan fingerprint density at radius 1 is 0.814 bits per heavy atom. The normalized spacial score (nSPS) is 24.5. The number of amides is 1. The monoisotopic (exact) mass is 976 g/mol. The van der Waals surface area contributed by atoms with E-state index in [2.05, 4.69) is 126 Å². The van der Waals surface area contributed by atoms with Crippen molar-refractivity contribution in [3.63, 3.8) is 0 Å². The van der Waals surface area contributed by atoms with E-state index in [4.69, 9.17) is 33.2 Å². The quantitative estimate of drug-likeness (QED) is 0.144. The van der Waals surface area contributed by atoms with Crippen LogP contribution < -0.4 is 21.3 Å². The second kappa shape index (κ2) is 19.0. The molecule has 3 fully saturated rings. The number of rotatable bonds is 6. The second-order valence-corrected chi connectivity index (χ2v) is 24.1. The van der Waals surface area contributed by atoms with Crippen LogP contribution in [0.15, 0.2) is 120 Å². The minimum Gasteiger partial charge on any atom is -0.387 e. The highest BCUT2D eigenvalue weighted by atomic mass is 35.5. The van der Waals surface area contributed by atoms with Crippen molar-refractivity contribution in [1.29, 1.82) is 0 Å². The van der Waals surface area contributed by atoms with E-state index in [0.717, 1.165) is 89.2 Å². The predicted molar refractivity (Wildman–Crippen MR) is 290 cm³/mol. The Balaban J connectivity index is 0.000000175. The van der Waals surface area contributed by atoms with E-state index in [1.165, 1.54) is 16.8 Å². The van der Waals surface area contributed by atoms with Crippen LogP contribution in [-0.2, 0) is 20.4 Å². The Hall–Kier alpha value is -5.44. The number of carbonyl (C=O) groups excluding carboxylic acids is 2. The number of halogens is 2. The zero-order chi connectivity index (χ0) is 49.9. The van der Waals surface area contributed by atoms with Crippen LogP contribution in [0.1, 0.15) is 119 Å². The molecule has 1 saturated heterocycles. The topological polar surface area (TPSA) is 100 Å². The summed E-state index contributed by atoms with van der Waals surface area (Å²) in [5.41, 5.74) is 11.3. The number of fused-ring (bicyclic) bond motifs is 7. The smallest absolute Gasteiger partial charge is 0.228 e. The molecule has 3 N–H and O–H groups in total. The number of anilines is 3. The number of piperidine rings is 1. The highest BCUT2D eigenvalue weighted by Gasteiger charge is 2.60. The molecule has 6 atom stereocenters. The van der Waals surface area contributed by atoms with E-state index >= 15 is 0 Å². The van der Waals surface area contributed by atoms with Gasteiger partial charge in [0.2, 0.25) is 5.91 Å². The number of nitrogens with one attached hydrogen (secondary N) is 3. The van der Waals surface area contributed by atoms with E-state index in [1.807, 2.05) is 72.8 Å². The predicted octanol–water partition coefficient (Wildman–Crippen LogP) is 14.6. The van der Waals surface area contributed by atoms with Gasteiger partial charge in [0.05, 0.1) is 33.5 Å². The summed E-state index contributed by atoms with van der Waals surface area (Å²) in [5, 5.41) is 12.9. The van der Waals surface area contributed by atoms with Crippen molar-refractivity contribution in [3.05, 3.63) is 141 Å². The average Bonchev–Trinajstić information content (AvgIpc) is 3.67. The van der Waals surface area contributed by atoms with Gasteiger partial charge in [-0.1, -0.05) is 103 Å². The first kappa shape index (κ1) is 49.5. The number of allylic oxidation sites excluding steroid dienone is 2. The highest BCUT2D eigenvalue weighted by molar-refractivity contribution is 6.30. The minimum absolute atomic E-state index is 0.0263. The van der Waals surface area contributed by atoms with Crippen molar-refractivity contribution in [2.24, 2.45) is 39.5 Å². The van der Waals surface area contributed by atoms with Gasteiger partial charge in [-0.3, -0.25) is 14.6 Å². The zero-order valence-corrected chi connectivity index (χ0v) is 44.2. The molecule has 2 aliphatic heterocycles. The zero-order valence-electron chi connectivity index (χ0n) is 42.6. The molecule has 10 rings (SSSR count). The van der Waals surface area contributed by atoms with Crippen LogP contribution in [0.25, 0.3) is 28.1 Å². The highest BCUT2D eigenvalue weighted by Crippen LogP contribution is 2.64. The van der Waals surface area contributed by atoms with Gasteiger partial charge in [0.1, 0.15) is 0 Å². The van der Waals surface area contributed by atoms with E-state index < -0.39 is 0 Å². The number of carbonyl (C=O) groups is 2. The van der Waals surface area contributed by atoms with Gasteiger partial charge in [-0.15, -0.1) is 0 Å². The number of hydrogen-bond acceptors (Lipinski definition) is 6. The summed E-state index contributed by atoms with van der Waals surface area (Å²) in [4.78, 5) is 36.0. The first-order valence-electron chi connectivity index (χ1n) is 25.3. The van der Waals surface area contributed by atoms with E-state index in [9.17, 15) is 9.59 Å². The summed E-state index contributed by atoms with van der Waals surface area (Å²) >= 11 is 12.2. The minimum atomic E-state index is -0.0466. The van der Waals surface area contributed by atoms with Crippen molar-refractivity contribution in [2.45, 2.75) is 125 Å². The molecule has 0 spiro atoms. The number of aromatic nitrogens is 2. The SMILES string of the molecule is CC(C)(C)c1ccc(C(C)(C)C)c(NC(=O)[C@H]2CCC3C4CNC5=CC(=O)CC[C@]5(C)C4CC[C@@]32C)c1.CC(C)N=c1cc2n(-c3ccc(Cl)cc3)c3ccccc3nc-2cc1Nc1ccc(Cl)cc1. The third-order valence-corrected chi connectivity index (χ3v) is 16.7. The molecule has 70 heavy (non-hydrogen) atoms. The number of para-hydroxylation sites is 2. The summed E-state index contributed by atoms with van der Waals surface area (Å²) in [5.74, 6) is 2.24. The third kappa shape index (κ3) is 9.67. The summed E-state index contributed by atoms with van der Waals surface area (Å²) in [6.07, 6.45) is 7.86. The molecule has 2 saturated carbocycles. The number of nitrogens with zero attached hydrogens (tertiary/aromatic N) is 3. The van der Waals surface area contributed by atoms with Crippen LogP contribution in [0.4, 0.5) is 17.1 Å². The summed E-state index contributed by atoms with van der Waals surface area (Å²) in [6, 6.07) is 34.6. The molecule has 1 amide bonds. The van der Waals surface area contributed by atoms with E-state index in [-0.39, 0.29) is 45.3 Å². The lowest BCUT2D eigenvalue weighted by atomic mass is 9.50. The molecular weight excluding hydrogens is 908 g/mol. The fraction of sp³-hybridized carbons (Fsp3) is 0.433. The molecule has 0 radical (unpaired) electrons. The Labute approximate surface area is 425 Å². The number of hydrogen-bond donors (Lipinski definition) is 3. The first-order chi connectivity index (χ1) is 33.1. The third-order valence-electron chi connectivity index (χ3n) is 16.2. The maximum atomic E-state index is 14.0. The van der Waals surface area contributed by atoms with E-state index in [1.54, 1.807) is 0 Å². The van der Waals surface area contributed by atoms with Gasteiger partial charge in [-0.05, 0) is 170 Å². The van der Waals surface area contributed by atoms with Crippen LogP contribution in [0.2, 0.25) is 10.0 Å². The molecular formula is C60H70Cl2N6O2. The van der Waals surface area contributed by atoms with Crippen LogP contribution in [-0.4, -0.2) is 33.8 Å². The molecule has 0 aromatic heterocycles. The van der Waals surface area contributed by atoms with Gasteiger partial charge in [0.25, 0.3) is 0 Å².